The van der Waals surface area contributed by atoms with Gasteiger partial charge in [-0.15, -0.1) is 0 Å². The highest BCUT2D eigenvalue weighted by atomic mass is 19.1. The van der Waals surface area contributed by atoms with Crippen LogP contribution < -0.4 is 10.1 Å². The van der Waals surface area contributed by atoms with Crippen LogP contribution in [-0.2, 0) is 6.42 Å². The molecule has 2 aromatic carbocycles. The van der Waals surface area contributed by atoms with E-state index in [4.69, 9.17) is 4.74 Å². The summed E-state index contributed by atoms with van der Waals surface area (Å²) in [5, 5.41) is 12.7. The smallest absolute Gasteiger partial charge is 0.256 e. The van der Waals surface area contributed by atoms with Crippen LogP contribution in [0.5, 0.6) is 5.75 Å². The lowest BCUT2D eigenvalue weighted by Gasteiger charge is -2.19. The average Bonchev–Trinajstić information content (AvgIpc) is 3.34. The highest BCUT2D eigenvalue weighted by Gasteiger charge is 2.24. The van der Waals surface area contributed by atoms with Gasteiger partial charge in [-0.1, -0.05) is 30.3 Å². The molecule has 4 rings (SSSR count). The molecule has 0 saturated carbocycles. The Morgan fingerprint density at radius 2 is 1.97 bits per heavy atom. The van der Waals surface area contributed by atoms with Crippen LogP contribution in [0.25, 0.3) is 5.57 Å². The van der Waals surface area contributed by atoms with Gasteiger partial charge in [0.15, 0.2) is 0 Å². The normalized spacial score (nSPS) is 13.8. The van der Waals surface area contributed by atoms with Crippen molar-refractivity contribution in [2.75, 3.05) is 20.3 Å². The molecule has 6 nitrogen and oxygen atoms in total. The molecule has 2 heterocycles. The molecular weight excluding hydrogens is 421 g/mol. The Balaban J connectivity index is 1.61. The zero-order chi connectivity index (χ0) is 23.2. The molecule has 0 aliphatic carbocycles. The topological polar surface area (TPSA) is 83.8 Å². The molecule has 1 aromatic heterocycles. The molecule has 1 aliphatic rings. The van der Waals surface area contributed by atoms with Gasteiger partial charge in [-0.25, -0.2) is 4.39 Å². The summed E-state index contributed by atoms with van der Waals surface area (Å²) in [6.45, 7) is 0.195. The Morgan fingerprint density at radius 1 is 1.15 bits per heavy atom. The Hall–Kier alpha value is -3.84. The van der Waals surface area contributed by atoms with E-state index in [-0.39, 0.29) is 18.3 Å². The molecule has 0 fully saturated rings. The summed E-state index contributed by atoms with van der Waals surface area (Å²) in [6.07, 6.45) is 3.96. The maximum atomic E-state index is 13.3. The summed E-state index contributed by atoms with van der Waals surface area (Å²) in [5.74, 6) is -0.260. The minimum Gasteiger partial charge on any atom is -0.496 e. The maximum absolute atomic E-state index is 13.3. The maximum Gasteiger partial charge on any atom is 0.256 e. The Morgan fingerprint density at radius 3 is 2.67 bits per heavy atom. The van der Waals surface area contributed by atoms with Crippen molar-refractivity contribution >= 4 is 17.2 Å². The molecule has 7 heteroatoms. The second kappa shape index (κ2) is 10.2. The number of hydrogen-bond acceptors (Lipinski definition) is 5. The van der Waals surface area contributed by atoms with Crippen molar-refractivity contribution in [1.29, 1.82) is 0 Å². The van der Waals surface area contributed by atoms with Gasteiger partial charge in [-0.2, -0.15) is 0 Å². The first-order valence-electron chi connectivity index (χ1n) is 10.6. The number of aliphatic hydroxyl groups excluding tert-OH is 1. The largest absolute Gasteiger partial charge is 0.496 e. The van der Waals surface area contributed by atoms with Gasteiger partial charge in [0.25, 0.3) is 5.91 Å². The number of halogens is 1. The quantitative estimate of drug-likeness (QED) is 0.556. The van der Waals surface area contributed by atoms with Crippen LogP contribution in [-0.4, -0.2) is 48.0 Å². The van der Waals surface area contributed by atoms with Crippen LogP contribution in [0.15, 0.2) is 77.9 Å². The van der Waals surface area contributed by atoms with Crippen LogP contribution >= 0.6 is 0 Å². The first-order chi connectivity index (χ1) is 16.1. The van der Waals surface area contributed by atoms with Gasteiger partial charge in [-0.05, 0) is 47.5 Å². The molecule has 0 radical (unpaired) electrons. The number of ether oxygens (including phenoxy) is 1. The highest BCUT2D eigenvalue weighted by Crippen LogP contribution is 2.28. The molecule has 33 heavy (non-hydrogen) atoms. The van der Waals surface area contributed by atoms with Crippen molar-refractivity contribution in [2.45, 2.75) is 12.5 Å². The SMILES string of the molecule is COc1cccc(C2=NCC(c3ccc(F)cc3)=C2)c1C(=O)N[C@@H](CO)Cc1ccccn1. The molecule has 168 valence electrons. The highest BCUT2D eigenvalue weighted by molar-refractivity contribution is 6.20. The molecule has 3 aromatic rings. The number of rotatable bonds is 8. The molecule has 0 bridgehead atoms. The van der Waals surface area contributed by atoms with Crippen molar-refractivity contribution in [1.82, 2.24) is 10.3 Å². The summed E-state index contributed by atoms with van der Waals surface area (Å²) in [5.41, 5.74) is 4.18. The van der Waals surface area contributed by atoms with Crippen LogP contribution in [0.3, 0.4) is 0 Å². The third kappa shape index (κ3) is 5.15. The third-order valence-corrected chi connectivity index (χ3v) is 5.43. The number of carbonyl (C=O) groups excluding carboxylic acids is 1. The zero-order valence-electron chi connectivity index (χ0n) is 18.2. The third-order valence-electron chi connectivity index (χ3n) is 5.43. The molecule has 1 atom stereocenters. The van der Waals surface area contributed by atoms with E-state index in [1.807, 2.05) is 30.3 Å². The van der Waals surface area contributed by atoms with Crippen molar-refractivity contribution in [3.63, 3.8) is 0 Å². The lowest BCUT2D eigenvalue weighted by molar-refractivity contribution is 0.0913. The molecule has 0 saturated heterocycles. The number of hydrogen-bond donors (Lipinski definition) is 2. The van der Waals surface area contributed by atoms with Gasteiger partial charge in [0.05, 0.1) is 37.6 Å². The Kier molecular flexibility index (Phi) is 6.90. The average molecular weight is 445 g/mol. The molecule has 0 spiro atoms. The van der Waals surface area contributed by atoms with Gasteiger partial charge < -0.3 is 15.2 Å². The van der Waals surface area contributed by atoms with Crippen molar-refractivity contribution in [2.24, 2.45) is 4.99 Å². The number of amides is 1. The van der Waals surface area contributed by atoms with Crippen LogP contribution in [0, 0.1) is 5.82 Å². The second-order valence-electron chi connectivity index (χ2n) is 7.64. The predicted octanol–water partition coefficient (Wildman–Crippen LogP) is 3.45. The number of aliphatic hydroxyl groups is 1. The van der Waals surface area contributed by atoms with E-state index in [1.54, 1.807) is 30.5 Å². The number of pyridine rings is 1. The fourth-order valence-electron chi connectivity index (χ4n) is 3.77. The monoisotopic (exact) mass is 445 g/mol. The zero-order valence-corrected chi connectivity index (χ0v) is 18.2. The minimum absolute atomic E-state index is 0.234. The van der Waals surface area contributed by atoms with Gasteiger partial charge in [0.1, 0.15) is 11.6 Å². The van der Waals surface area contributed by atoms with E-state index in [2.05, 4.69) is 15.3 Å². The molecular formula is C26H24FN3O3. The number of aromatic nitrogens is 1. The summed E-state index contributed by atoms with van der Waals surface area (Å²) in [6, 6.07) is 16.6. The molecule has 2 N–H and O–H groups in total. The van der Waals surface area contributed by atoms with Crippen LogP contribution in [0.1, 0.15) is 27.2 Å². The summed E-state index contributed by atoms with van der Waals surface area (Å²) < 4.78 is 18.8. The number of methoxy groups -OCH3 is 1. The van der Waals surface area contributed by atoms with Crippen molar-refractivity contribution in [3.8, 4) is 5.75 Å². The lowest BCUT2D eigenvalue weighted by Crippen LogP contribution is -2.40. The van der Waals surface area contributed by atoms with Gasteiger partial charge in [0.2, 0.25) is 0 Å². The van der Waals surface area contributed by atoms with Crippen LogP contribution in [0.2, 0.25) is 0 Å². The predicted molar refractivity (Wildman–Crippen MR) is 125 cm³/mol. The van der Waals surface area contributed by atoms with E-state index in [0.717, 1.165) is 16.8 Å². The van der Waals surface area contributed by atoms with E-state index in [0.29, 0.717) is 35.6 Å². The van der Waals surface area contributed by atoms with E-state index >= 15 is 0 Å². The summed E-state index contributed by atoms with van der Waals surface area (Å²) in [4.78, 5) is 22.2. The number of carbonyl (C=O) groups is 1. The fourth-order valence-corrected chi connectivity index (χ4v) is 3.77. The van der Waals surface area contributed by atoms with Gasteiger partial charge in [-0.3, -0.25) is 14.8 Å². The van der Waals surface area contributed by atoms with E-state index in [9.17, 15) is 14.3 Å². The van der Waals surface area contributed by atoms with Crippen LogP contribution in [0.4, 0.5) is 4.39 Å². The number of benzene rings is 2. The van der Waals surface area contributed by atoms with E-state index < -0.39 is 6.04 Å². The lowest BCUT2D eigenvalue weighted by atomic mass is 9.98. The Labute approximate surface area is 191 Å². The summed E-state index contributed by atoms with van der Waals surface area (Å²) in [7, 11) is 1.50. The summed E-state index contributed by atoms with van der Waals surface area (Å²) >= 11 is 0. The molecule has 1 amide bonds. The van der Waals surface area contributed by atoms with E-state index in [1.165, 1.54) is 19.2 Å². The first kappa shape index (κ1) is 22.4. The van der Waals surface area contributed by atoms with Crippen molar-refractivity contribution < 1.29 is 19.0 Å². The standard InChI is InChI=1S/C26H24FN3O3/c1-33-24-7-4-6-22(23-13-18(15-29-23)17-8-10-19(27)11-9-17)25(24)26(32)30-21(16-31)14-20-5-2-3-12-28-20/h2-13,21,31H,14-16H2,1H3,(H,30,32)/t21-/m1/s1. The number of nitrogens with one attached hydrogen (secondary N) is 1. The van der Waals surface area contributed by atoms with Crippen molar-refractivity contribution in [3.05, 3.63) is 101 Å². The molecule has 1 aliphatic heterocycles. The second-order valence-corrected chi connectivity index (χ2v) is 7.64. The Bertz CT molecular complexity index is 1190. The van der Waals surface area contributed by atoms with Gasteiger partial charge in [0, 0.05) is 23.9 Å². The first-order valence-corrected chi connectivity index (χ1v) is 10.6. The number of nitrogens with zero attached hydrogens (tertiary/aromatic N) is 2. The number of allylic oxidation sites excluding steroid dienone is 1. The van der Waals surface area contributed by atoms with Gasteiger partial charge >= 0.3 is 0 Å². The minimum atomic E-state index is -0.513. The molecule has 0 unspecified atom stereocenters. The fraction of sp³-hybridized carbons (Fsp3) is 0.192. The number of aliphatic imine (C=N–C) groups is 1.